The molecule has 5 heteroatoms. The number of nitro groups is 1. The number of hydrogen-bond acceptors (Lipinski definition) is 4. The summed E-state index contributed by atoms with van der Waals surface area (Å²) in [5.74, 6) is 0.312. The minimum Gasteiger partial charge on any atom is -0.487 e. The van der Waals surface area contributed by atoms with Crippen molar-refractivity contribution in [3.8, 4) is 5.75 Å². The molecule has 0 heterocycles. The van der Waals surface area contributed by atoms with Crippen molar-refractivity contribution in [1.82, 2.24) is 0 Å². The van der Waals surface area contributed by atoms with Crippen LogP contribution in [0.3, 0.4) is 0 Å². The molecular formula is C14H22N2O3. The van der Waals surface area contributed by atoms with Gasteiger partial charge in [-0.2, -0.15) is 0 Å². The molecule has 0 aromatic heterocycles. The van der Waals surface area contributed by atoms with Gasteiger partial charge in [-0.15, -0.1) is 0 Å². The molecule has 0 fully saturated rings. The number of rotatable bonds is 7. The van der Waals surface area contributed by atoms with Crippen LogP contribution in [0.15, 0.2) is 18.2 Å². The van der Waals surface area contributed by atoms with Crippen LogP contribution in [0.2, 0.25) is 0 Å². The summed E-state index contributed by atoms with van der Waals surface area (Å²) in [4.78, 5) is 10.9. The lowest BCUT2D eigenvalue weighted by Gasteiger charge is -2.29. The summed E-state index contributed by atoms with van der Waals surface area (Å²) >= 11 is 0. The topological polar surface area (TPSA) is 64.4 Å². The molecule has 0 saturated carbocycles. The van der Waals surface area contributed by atoms with Gasteiger partial charge in [0.05, 0.1) is 11.5 Å². The summed E-state index contributed by atoms with van der Waals surface area (Å²) in [5.41, 5.74) is 0.370. The Bertz CT molecular complexity index is 442. The van der Waals surface area contributed by atoms with Gasteiger partial charge in [0, 0.05) is 5.54 Å². The number of nitro benzene ring substituents is 1. The van der Waals surface area contributed by atoms with Gasteiger partial charge in [0.2, 0.25) is 0 Å². The molecule has 0 aliphatic heterocycles. The monoisotopic (exact) mass is 266 g/mol. The number of nitrogens with zero attached hydrogens (tertiary/aromatic N) is 1. The van der Waals surface area contributed by atoms with Crippen molar-refractivity contribution < 1.29 is 9.66 Å². The highest BCUT2D eigenvalue weighted by Gasteiger charge is 2.26. The van der Waals surface area contributed by atoms with Gasteiger partial charge < -0.3 is 10.1 Å². The maximum Gasteiger partial charge on any atom is 0.333 e. The molecule has 0 atom stereocenters. The highest BCUT2D eigenvalue weighted by Crippen LogP contribution is 2.37. The molecule has 0 amide bonds. The van der Waals surface area contributed by atoms with E-state index >= 15 is 0 Å². The van der Waals surface area contributed by atoms with Crippen LogP contribution in [-0.4, -0.2) is 17.1 Å². The summed E-state index contributed by atoms with van der Waals surface area (Å²) in [7, 11) is 0. The summed E-state index contributed by atoms with van der Waals surface area (Å²) in [6.45, 7) is 8.41. The average molecular weight is 266 g/mol. The standard InChI is InChI=1S/C14H22N2O3/c1-5-14(4,6-2)15-11-9-8-10-12(19-7-3)13(11)16(17)18/h8-10,15H,5-7H2,1-4H3. The lowest BCUT2D eigenvalue weighted by Crippen LogP contribution is -2.33. The van der Waals surface area contributed by atoms with Crippen molar-refractivity contribution in [3.05, 3.63) is 28.3 Å². The van der Waals surface area contributed by atoms with Gasteiger partial charge in [0.15, 0.2) is 5.75 Å². The third kappa shape index (κ3) is 3.59. The zero-order valence-corrected chi connectivity index (χ0v) is 12.0. The second-order valence-electron chi connectivity index (χ2n) is 4.74. The van der Waals surface area contributed by atoms with E-state index in [2.05, 4.69) is 26.1 Å². The highest BCUT2D eigenvalue weighted by molar-refractivity contribution is 5.69. The van der Waals surface area contributed by atoms with Crippen molar-refractivity contribution in [1.29, 1.82) is 0 Å². The Labute approximate surface area is 114 Å². The average Bonchev–Trinajstić information content (AvgIpc) is 2.39. The van der Waals surface area contributed by atoms with Crippen molar-refractivity contribution in [2.75, 3.05) is 11.9 Å². The molecule has 1 aromatic rings. The summed E-state index contributed by atoms with van der Waals surface area (Å²) in [6.07, 6.45) is 1.78. The van der Waals surface area contributed by atoms with Gasteiger partial charge in [0.1, 0.15) is 5.69 Å². The molecule has 0 unspecified atom stereocenters. The maximum absolute atomic E-state index is 11.3. The fourth-order valence-electron chi connectivity index (χ4n) is 1.84. The Balaban J connectivity index is 3.20. The van der Waals surface area contributed by atoms with Crippen LogP contribution in [0.25, 0.3) is 0 Å². The summed E-state index contributed by atoms with van der Waals surface area (Å²) in [5, 5.41) is 14.5. The molecule has 0 saturated heterocycles. The second kappa shape index (κ2) is 6.41. The first-order valence-corrected chi connectivity index (χ1v) is 6.65. The van der Waals surface area contributed by atoms with E-state index in [4.69, 9.17) is 4.74 Å². The zero-order chi connectivity index (χ0) is 14.5. The van der Waals surface area contributed by atoms with E-state index in [1.807, 2.05) is 6.92 Å². The van der Waals surface area contributed by atoms with E-state index in [-0.39, 0.29) is 16.1 Å². The van der Waals surface area contributed by atoms with Gasteiger partial charge in [0.25, 0.3) is 0 Å². The number of benzene rings is 1. The molecule has 0 radical (unpaired) electrons. The van der Waals surface area contributed by atoms with E-state index in [1.54, 1.807) is 18.2 Å². The van der Waals surface area contributed by atoms with E-state index in [0.29, 0.717) is 18.0 Å². The molecule has 106 valence electrons. The number of hydrogen-bond donors (Lipinski definition) is 1. The molecule has 0 spiro atoms. The van der Waals surface area contributed by atoms with Gasteiger partial charge >= 0.3 is 5.69 Å². The number of nitrogens with one attached hydrogen (secondary N) is 1. The van der Waals surface area contributed by atoms with E-state index in [0.717, 1.165) is 12.8 Å². The van der Waals surface area contributed by atoms with Crippen LogP contribution in [-0.2, 0) is 0 Å². The Kier molecular flexibility index (Phi) is 5.15. The minimum absolute atomic E-state index is 0.0116. The summed E-state index contributed by atoms with van der Waals surface area (Å²) in [6, 6.07) is 5.12. The normalized spacial score (nSPS) is 11.2. The van der Waals surface area contributed by atoms with Crippen molar-refractivity contribution >= 4 is 11.4 Å². The van der Waals surface area contributed by atoms with Crippen LogP contribution < -0.4 is 10.1 Å². The van der Waals surface area contributed by atoms with Crippen molar-refractivity contribution in [2.24, 2.45) is 0 Å². The third-order valence-corrected chi connectivity index (χ3v) is 3.48. The molecule has 1 aromatic carbocycles. The smallest absolute Gasteiger partial charge is 0.333 e. The molecule has 0 aliphatic rings. The van der Waals surface area contributed by atoms with Gasteiger partial charge in [-0.25, -0.2) is 0 Å². The Morgan fingerprint density at radius 2 is 1.95 bits per heavy atom. The van der Waals surface area contributed by atoms with E-state index in [1.165, 1.54) is 0 Å². The van der Waals surface area contributed by atoms with Crippen molar-refractivity contribution in [2.45, 2.75) is 46.1 Å². The van der Waals surface area contributed by atoms with Gasteiger partial charge in [-0.3, -0.25) is 10.1 Å². The first-order valence-electron chi connectivity index (χ1n) is 6.65. The highest BCUT2D eigenvalue weighted by atomic mass is 16.6. The largest absolute Gasteiger partial charge is 0.487 e. The predicted octanol–water partition coefficient (Wildman–Crippen LogP) is 3.98. The number of para-hydroxylation sites is 1. The molecule has 1 rings (SSSR count). The van der Waals surface area contributed by atoms with Crippen LogP contribution in [0, 0.1) is 10.1 Å². The lowest BCUT2D eigenvalue weighted by molar-refractivity contribution is -0.385. The Hall–Kier alpha value is -1.78. The molecular weight excluding hydrogens is 244 g/mol. The second-order valence-corrected chi connectivity index (χ2v) is 4.74. The first kappa shape index (κ1) is 15.3. The number of anilines is 1. The van der Waals surface area contributed by atoms with Gasteiger partial charge in [-0.1, -0.05) is 19.9 Å². The first-order chi connectivity index (χ1) is 8.97. The Morgan fingerprint density at radius 1 is 1.32 bits per heavy atom. The van der Waals surface area contributed by atoms with Gasteiger partial charge in [-0.05, 0) is 38.8 Å². The predicted molar refractivity (Wildman–Crippen MR) is 76.9 cm³/mol. The summed E-state index contributed by atoms with van der Waals surface area (Å²) < 4.78 is 5.34. The molecule has 0 bridgehead atoms. The van der Waals surface area contributed by atoms with Crippen molar-refractivity contribution in [3.63, 3.8) is 0 Å². The van der Waals surface area contributed by atoms with Crippen LogP contribution in [0.1, 0.15) is 40.5 Å². The Morgan fingerprint density at radius 3 is 2.42 bits per heavy atom. The molecule has 1 N–H and O–H groups in total. The van der Waals surface area contributed by atoms with Crippen LogP contribution >= 0.6 is 0 Å². The SMILES string of the molecule is CCOc1cccc(NC(C)(CC)CC)c1[N+](=O)[O-]. The minimum atomic E-state index is -0.390. The lowest BCUT2D eigenvalue weighted by atomic mass is 9.95. The maximum atomic E-state index is 11.3. The zero-order valence-electron chi connectivity index (χ0n) is 12.0. The van der Waals surface area contributed by atoms with Crippen LogP contribution in [0.4, 0.5) is 11.4 Å². The molecule has 5 nitrogen and oxygen atoms in total. The fraction of sp³-hybridized carbons (Fsp3) is 0.571. The molecule has 0 aliphatic carbocycles. The van der Waals surface area contributed by atoms with E-state index < -0.39 is 0 Å². The molecule has 19 heavy (non-hydrogen) atoms. The fourth-order valence-corrected chi connectivity index (χ4v) is 1.84. The quantitative estimate of drug-likeness (QED) is 0.598. The number of ether oxygens (including phenoxy) is 1. The third-order valence-electron chi connectivity index (χ3n) is 3.48. The van der Waals surface area contributed by atoms with E-state index in [9.17, 15) is 10.1 Å². The van der Waals surface area contributed by atoms with Crippen LogP contribution in [0.5, 0.6) is 5.75 Å².